The van der Waals surface area contributed by atoms with Crippen LogP contribution in [0.1, 0.15) is 68.4 Å². The van der Waals surface area contributed by atoms with Crippen molar-refractivity contribution in [3.05, 3.63) is 93.3 Å². The number of ether oxygens (including phenoxy) is 1. The summed E-state index contributed by atoms with van der Waals surface area (Å²) in [5, 5.41) is 4.11. The van der Waals surface area contributed by atoms with Crippen LogP contribution >= 0.6 is 11.6 Å². The zero-order valence-corrected chi connectivity index (χ0v) is 19.5. The molecule has 1 fully saturated rings. The molecule has 1 aliphatic heterocycles. The first-order chi connectivity index (χ1) is 16.0. The van der Waals surface area contributed by atoms with Crippen molar-refractivity contribution in [1.82, 2.24) is 5.32 Å². The fourth-order valence-electron chi connectivity index (χ4n) is 5.48. The van der Waals surface area contributed by atoms with Crippen molar-refractivity contribution in [1.29, 1.82) is 0 Å². The molecule has 1 heterocycles. The van der Waals surface area contributed by atoms with Gasteiger partial charge in [0.25, 0.3) is 0 Å². The largest absolute Gasteiger partial charge is 0.459 e. The minimum absolute atomic E-state index is 0.0269. The van der Waals surface area contributed by atoms with Gasteiger partial charge in [0.2, 0.25) is 0 Å². The molecule has 0 amide bonds. The maximum atomic E-state index is 13.6. The van der Waals surface area contributed by atoms with Gasteiger partial charge in [-0.3, -0.25) is 4.79 Å². The summed E-state index contributed by atoms with van der Waals surface area (Å²) < 4.78 is 5.91. The third-order valence-electron chi connectivity index (χ3n) is 7.10. The van der Waals surface area contributed by atoms with E-state index in [1.165, 1.54) is 0 Å². The smallest absolute Gasteiger partial charge is 0.337 e. The quantitative estimate of drug-likeness (QED) is 0.552. The minimum Gasteiger partial charge on any atom is -0.459 e. The second-order valence-electron chi connectivity index (χ2n) is 9.29. The Morgan fingerprint density at radius 1 is 0.970 bits per heavy atom. The molecule has 33 heavy (non-hydrogen) atoms. The van der Waals surface area contributed by atoms with Gasteiger partial charge in [-0.25, -0.2) is 4.79 Å². The lowest BCUT2D eigenvalue weighted by Crippen LogP contribution is -2.36. The molecule has 5 rings (SSSR count). The molecule has 2 aromatic carbocycles. The predicted octanol–water partition coefficient (Wildman–Crippen LogP) is 6.19. The zero-order valence-electron chi connectivity index (χ0n) is 18.8. The van der Waals surface area contributed by atoms with Gasteiger partial charge >= 0.3 is 5.97 Å². The lowest BCUT2D eigenvalue weighted by atomic mass is 9.72. The predicted molar refractivity (Wildman–Crippen MR) is 129 cm³/mol. The van der Waals surface area contributed by atoms with E-state index in [9.17, 15) is 9.59 Å². The highest BCUT2D eigenvalue weighted by molar-refractivity contribution is 6.30. The van der Waals surface area contributed by atoms with Crippen LogP contribution in [0.25, 0.3) is 0 Å². The number of esters is 1. The van der Waals surface area contributed by atoms with E-state index in [0.29, 0.717) is 29.0 Å². The van der Waals surface area contributed by atoms with E-state index in [0.717, 1.165) is 48.2 Å². The summed E-state index contributed by atoms with van der Waals surface area (Å²) in [6.07, 6.45) is 5.12. The van der Waals surface area contributed by atoms with Crippen molar-refractivity contribution in [2.45, 2.75) is 63.4 Å². The molecule has 1 N–H and O–H groups in total. The summed E-state index contributed by atoms with van der Waals surface area (Å²) in [5.41, 5.74) is 5.00. The molecular formula is C28H28ClNO3. The molecule has 170 valence electrons. The second-order valence-corrected chi connectivity index (χ2v) is 9.73. The standard InChI is InChI=1S/C28H28ClNO3/c1-17-25(28(32)33-22-9-5-6-10-22)26(19-7-3-2-4-8-19)27-23(30-17)15-20(16-24(27)31)18-11-13-21(29)14-12-18/h2-4,7-8,11-14,20,22,26,30H,5-6,9-10,15-16H2,1H3/t20-,26-/m0/s1. The molecule has 2 aromatic rings. The molecule has 0 spiro atoms. The van der Waals surface area contributed by atoms with Gasteiger partial charge in [-0.2, -0.15) is 0 Å². The average molecular weight is 462 g/mol. The van der Waals surface area contributed by atoms with Gasteiger partial charge in [0.1, 0.15) is 6.10 Å². The van der Waals surface area contributed by atoms with Crippen LogP contribution in [0.5, 0.6) is 0 Å². The van der Waals surface area contributed by atoms with Crippen molar-refractivity contribution in [3.8, 4) is 0 Å². The molecule has 4 nitrogen and oxygen atoms in total. The van der Waals surface area contributed by atoms with Crippen molar-refractivity contribution in [2.75, 3.05) is 0 Å². The van der Waals surface area contributed by atoms with Crippen LogP contribution in [0, 0.1) is 0 Å². The first-order valence-corrected chi connectivity index (χ1v) is 12.1. The number of ketones is 1. The monoisotopic (exact) mass is 461 g/mol. The molecule has 1 saturated carbocycles. The summed E-state index contributed by atoms with van der Waals surface area (Å²) in [6.45, 7) is 1.92. The summed E-state index contributed by atoms with van der Waals surface area (Å²) in [6, 6.07) is 17.6. The number of allylic oxidation sites excluding steroid dienone is 3. The van der Waals surface area contributed by atoms with Crippen LogP contribution < -0.4 is 5.32 Å². The summed E-state index contributed by atoms with van der Waals surface area (Å²) in [7, 11) is 0. The lowest BCUT2D eigenvalue weighted by Gasteiger charge is -2.37. The molecule has 0 radical (unpaired) electrons. The highest BCUT2D eigenvalue weighted by atomic mass is 35.5. The number of nitrogens with one attached hydrogen (secondary N) is 1. The van der Waals surface area contributed by atoms with E-state index in [1.54, 1.807) is 0 Å². The van der Waals surface area contributed by atoms with E-state index >= 15 is 0 Å². The van der Waals surface area contributed by atoms with E-state index in [-0.39, 0.29) is 23.8 Å². The Kier molecular flexibility index (Phi) is 6.11. The molecule has 0 saturated heterocycles. The molecule has 2 atom stereocenters. The number of Topliss-reactive ketones (excluding diaryl/α,β-unsaturated/α-hetero) is 1. The number of hydrogen-bond donors (Lipinski definition) is 1. The fourth-order valence-corrected chi connectivity index (χ4v) is 5.61. The molecule has 3 aliphatic rings. The highest BCUT2D eigenvalue weighted by Crippen LogP contribution is 2.46. The van der Waals surface area contributed by atoms with E-state index in [4.69, 9.17) is 16.3 Å². The van der Waals surface area contributed by atoms with Crippen molar-refractivity contribution >= 4 is 23.4 Å². The van der Waals surface area contributed by atoms with Crippen LogP contribution in [0.2, 0.25) is 5.02 Å². The Morgan fingerprint density at radius 2 is 1.67 bits per heavy atom. The van der Waals surface area contributed by atoms with Crippen molar-refractivity contribution in [2.24, 2.45) is 0 Å². The third kappa shape index (κ3) is 4.37. The lowest BCUT2D eigenvalue weighted by molar-refractivity contribution is -0.144. The van der Waals surface area contributed by atoms with Gasteiger partial charge in [-0.1, -0.05) is 54.1 Å². The molecule has 0 aromatic heterocycles. The van der Waals surface area contributed by atoms with Gasteiger partial charge in [-0.05, 0) is 68.2 Å². The number of halogens is 1. The zero-order chi connectivity index (χ0) is 22.9. The third-order valence-corrected chi connectivity index (χ3v) is 7.35. The van der Waals surface area contributed by atoms with Crippen LogP contribution in [-0.4, -0.2) is 17.9 Å². The fraction of sp³-hybridized carbons (Fsp3) is 0.357. The number of dihydropyridines is 1. The molecule has 0 bridgehead atoms. The number of carbonyl (C=O) groups is 2. The Balaban J connectivity index is 1.52. The molecule has 2 aliphatic carbocycles. The van der Waals surface area contributed by atoms with Gasteiger partial charge < -0.3 is 10.1 Å². The van der Waals surface area contributed by atoms with E-state index < -0.39 is 5.92 Å². The van der Waals surface area contributed by atoms with Crippen LogP contribution in [0.3, 0.4) is 0 Å². The second kappa shape index (κ2) is 9.18. The summed E-state index contributed by atoms with van der Waals surface area (Å²) >= 11 is 6.06. The maximum absolute atomic E-state index is 13.6. The van der Waals surface area contributed by atoms with Crippen molar-refractivity contribution in [3.63, 3.8) is 0 Å². The van der Waals surface area contributed by atoms with Gasteiger partial charge in [0.05, 0.1) is 5.57 Å². The van der Waals surface area contributed by atoms with E-state index in [2.05, 4.69) is 5.32 Å². The summed E-state index contributed by atoms with van der Waals surface area (Å²) in [5.74, 6) is -0.552. The Bertz CT molecular complexity index is 1130. The summed E-state index contributed by atoms with van der Waals surface area (Å²) in [4.78, 5) is 27.0. The molecule has 5 heteroatoms. The SMILES string of the molecule is CC1=C(C(=O)OC2CCCC2)[C@H](c2ccccc2)C2=C(C[C@H](c3ccc(Cl)cc3)CC2=O)N1. The normalized spacial score (nSPS) is 23.4. The number of hydrogen-bond acceptors (Lipinski definition) is 4. The van der Waals surface area contributed by atoms with Crippen molar-refractivity contribution < 1.29 is 14.3 Å². The Labute approximate surface area is 199 Å². The van der Waals surface area contributed by atoms with Crippen LogP contribution in [-0.2, 0) is 14.3 Å². The van der Waals surface area contributed by atoms with Crippen LogP contribution in [0.4, 0.5) is 0 Å². The molecule has 0 unspecified atom stereocenters. The minimum atomic E-state index is -0.407. The highest BCUT2D eigenvalue weighted by Gasteiger charge is 2.41. The Hall–Kier alpha value is -2.85. The number of carbonyl (C=O) groups excluding carboxylic acids is 2. The number of benzene rings is 2. The molecular weight excluding hydrogens is 434 g/mol. The van der Waals surface area contributed by atoms with Gasteiger partial charge in [0, 0.05) is 34.3 Å². The topological polar surface area (TPSA) is 55.4 Å². The van der Waals surface area contributed by atoms with Gasteiger partial charge in [-0.15, -0.1) is 0 Å². The average Bonchev–Trinajstić information content (AvgIpc) is 3.32. The maximum Gasteiger partial charge on any atom is 0.337 e. The Morgan fingerprint density at radius 3 is 2.36 bits per heavy atom. The first kappa shape index (κ1) is 22.0. The van der Waals surface area contributed by atoms with E-state index in [1.807, 2.05) is 61.5 Å². The van der Waals surface area contributed by atoms with Gasteiger partial charge in [0.15, 0.2) is 5.78 Å². The number of rotatable bonds is 4. The first-order valence-electron chi connectivity index (χ1n) is 11.8. The van der Waals surface area contributed by atoms with Crippen LogP contribution in [0.15, 0.2) is 77.1 Å².